The third kappa shape index (κ3) is 14.1. The standard InChI is InChI=1S/C33H27ClF2N14O15S5/c34-30-44-32(40-15-1-5-18(6-2-15)67(52,53)10-9-63-70(60,61)62)46-33(45-30)41-17-4-8-23(68(54,55)56)20(12-17)48-49-21-13-24(69(57,58)59)28(38)29(27(21)37)50-47-19-11-16(3-7-22(19)66-65-64-51)39-26-14-25(35)42-31(36)43-26/h1-8,11-14,51H,9-10,37-38H2,(H,39,42,43)(H,54,55,56)(H,57,58,59)(H,60,61,62)(H2,40,41,44,45,46). The highest BCUT2D eigenvalue weighted by Crippen LogP contribution is 2.44. The molecule has 0 aliphatic heterocycles. The molecule has 37 heteroatoms. The maximum atomic E-state index is 13.7. The summed E-state index contributed by atoms with van der Waals surface area (Å²) in [5, 5.41) is 35.6. The fourth-order valence-electron chi connectivity index (χ4n) is 5.40. The number of azo groups is 2. The molecule has 0 aliphatic rings. The van der Waals surface area contributed by atoms with E-state index in [0.717, 1.165) is 36.4 Å². The molecule has 0 bridgehead atoms. The summed E-state index contributed by atoms with van der Waals surface area (Å²) in [4.78, 5) is 16.2. The Kier molecular flexibility index (Phi) is 16.1. The Morgan fingerprint density at radius 3 is 1.87 bits per heavy atom. The first-order valence-electron chi connectivity index (χ1n) is 18.1. The van der Waals surface area contributed by atoms with E-state index in [0.29, 0.717) is 18.1 Å². The van der Waals surface area contributed by atoms with Crippen molar-refractivity contribution < 1.29 is 74.9 Å². The Labute approximate surface area is 400 Å². The zero-order valence-electron chi connectivity index (χ0n) is 34.0. The average Bonchev–Trinajstić information content (AvgIpc) is 3.24. The van der Waals surface area contributed by atoms with E-state index < -0.39 is 108 Å². The molecule has 11 N–H and O–H groups in total. The highest BCUT2D eigenvalue weighted by molar-refractivity contribution is 7.94. The van der Waals surface area contributed by atoms with Gasteiger partial charge in [0.1, 0.15) is 38.4 Å². The monoisotopic (exact) mass is 1090 g/mol. The zero-order valence-corrected chi connectivity index (χ0v) is 38.8. The van der Waals surface area contributed by atoms with Gasteiger partial charge in [-0.25, -0.2) is 17.9 Å². The van der Waals surface area contributed by atoms with Gasteiger partial charge in [0.15, 0.2) is 9.84 Å². The van der Waals surface area contributed by atoms with E-state index in [9.17, 15) is 51.6 Å². The van der Waals surface area contributed by atoms with E-state index in [4.69, 9.17) is 32.9 Å². The molecule has 6 rings (SSSR count). The quantitative estimate of drug-likeness (QED) is 0.00589. The smallest absolute Gasteiger partial charge is 0.396 e. The Morgan fingerprint density at radius 1 is 0.657 bits per heavy atom. The normalized spacial score (nSPS) is 12.4. The van der Waals surface area contributed by atoms with Gasteiger partial charge in [0, 0.05) is 23.1 Å². The summed E-state index contributed by atoms with van der Waals surface area (Å²) < 4.78 is 161. The number of nitrogens with two attached hydrogens (primary N) is 2. The Bertz CT molecular complexity index is 3500. The van der Waals surface area contributed by atoms with Gasteiger partial charge in [-0.2, -0.15) is 59.0 Å². The number of nitrogens with one attached hydrogen (secondary N) is 3. The lowest BCUT2D eigenvalue weighted by atomic mass is 10.2. The molecule has 0 aliphatic carbocycles. The minimum atomic E-state index is -5.21. The second-order valence-corrected chi connectivity index (χ2v) is 20.1. The van der Waals surface area contributed by atoms with Crippen LogP contribution in [-0.4, -0.2) is 89.9 Å². The molecule has 0 fully saturated rings. The molecule has 0 spiro atoms. The highest BCUT2D eigenvalue weighted by atomic mass is 35.5. The van der Waals surface area contributed by atoms with Crippen molar-refractivity contribution in [3.63, 3.8) is 0 Å². The number of nitrogen functional groups attached to an aromatic ring is 2. The van der Waals surface area contributed by atoms with Crippen LogP contribution >= 0.6 is 23.6 Å². The minimum absolute atomic E-state index is 0.0258. The maximum Gasteiger partial charge on any atom is 0.397 e. The number of benzene rings is 4. The van der Waals surface area contributed by atoms with Crippen LogP contribution in [0, 0.1) is 12.0 Å². The van der Waals surface area contributed by atoms with E-state index in [-0.39, 0.29) is 50.3 Å². The number of rotatable bonds is 20. The second kappa shape index (κ2) is 21.5. The summed E-state index contributed by atoms with van der Waals surface area (Å²) in [6.07, 6.45) is -1.40. The molecule has 0 amide bonds. The van der Waals surface area contributed by atoms with Crippen molar-refractivity contribution in [2.75, 3.05) is 39.8 Å². The third-order valence-electron chi connectivity index (χ3n) is 8.33. The lowest BCUT2D eigenvalue weighted by Gasteiger charge is -2.12. The van der Waals surface area contributed by atoms with Gasteiger partial charge >= 0.3 is 16.5 Å². The molecule has 2 heterocycles. The zero-order chi connectivity index (χ0) is 51.2. The fourth-order valence-corrected chi connectivity index (χ4v) is 8.70. The summed E-state index contributed by atoms with van der Waals surface area (Å²) in [5.41, 5.74) is 9.10. The van der Waals surface area contributed by atoms with Gasteiger partial charge in [0.2, 0.25) is 23.1 Å². The number of aromatic nitrogens is 5. The largest absolute Gasteiger partial charge is 0.397 e. The Morgan fingerprint density at radius 2 is 1.24 bits per heavy atom. The van der Waals surface area contributed by atoms with E-state index in [1.54, 1.807) is 0 Å². The van der Waals surface area contributed by atoms with Gasteiger partial charge in [0.05, 0.1) is 45.6 Å². The molecule has 370 valence electrons. The molecule has 0 saturated carbocycles. The topological polar surface area (TPSA) is 447 Å². The first-order chi connectivity index (χ1) is 32.8. The van der Waals surface area contributed by atoms with Gasteiger partial charge in [-0.3, -0.25) is 13.7 Å². The van der Waals surface area contributed by atoms with Crippen LogP contribution in [0.3, 0.4) is 0 Å². The van der Waals surface area contributed by atoms with Crippen LogP contribution in [-0.2, 0) is 54.0 Å². The summed E-state index contributed by atoms with van der Waals surface area (Å²) in [6.45, 7) is -0.849. The van der Waals surface area contributed by atoms with Gasteiger partial charge in [0.25, 0.3) is 20.2 Å². The molecule has 29 nitrogen and oxygen atoms in total. The van der Waals surface area contributed by atoms with Crippen LogP contribution in [0.5, 0.6) is 0 Å². The van der Waals surface area contributed by atoms with E-state index in [1.807, 2.05) is 0 Å². The third-order valence-corrected chi connectivity index (χ3v) is 13.1. The number of nitrogens with zero attached hydrogens (tertiary/aromatic N) is 9. The van der Waals surface area contributed by atoms with Crippen LogP contribution in [0.25, 0.3) is 0 Å². The number of anilines is 8. The lowest BCUT2D eigenvalue weighted by molar-refractivity contribution is -0.432. The highest BCUT2D eigenvalue weighted by Gasteiger charge is 2.24. The van der Waals surface area contributed by atoms with Crippen molar-refractivity contribution in [3.8, 4) is 0 Å². The number of hydrogen-bond acceptors (Lipinski definition) is 27. The van der Waals surface area contributed by atoms with Crippen LogP contribution in [0.1, 0.15) is 0 Å². The minimum Gasteiger partial charge on any atom is -0.396 e. The molecule has 0 unspecified atom stereocenters. The van der Waals surface area contributed by atoms with Gasteiger partial charge in [-0.05, 0) is 78.3 Å². The molecule has 0 radical (unpaired) electrons. The molecular weight excluding hydrogens is 1070 g/mol. The molecule has 2 aromatic heterocycles. The first kappa shape index (κ1) is 52.6. The Balaban J connectivity index is 1.30. The van der Waals surface area contributed by atoms with Crippen LogP contribution < -0.4 is 27.4 Å². The molecular formula is C33H27ClF2N14O15S5. The van der Waals surface area contributed by atoms with Gasteiger partial charge < -0.3 is 27.4 Å². The number of sulfone groups is 1. The average molecular weight is 1090 g/mol. The van der Waals surface area contributed by atoms with Crippen molar-refractivity contribution in [2.45, 2.75) is 19.6 Å². The number of halogens is 3. The van der Waals surface area contributed by atoms with Crippen LogP contribution in [0.4, 0.5) is 77.7 Å². The van der Waals surface area contributed by atoms with E-state index in [2.05, 4.69) is 74.9 Å². The van der Waals surface area contributed by atoms with Gasteiger partial charge in [-0.15, -0.1) is 24.8 Å². The number of hydrogen-bond donors (Lipinski definition) is 9. The summed E-state index contributed by atoms with van der Waals surface area (Å²) in [5.74, 6) is -2.82. The van der Waals surface area contributed by atoms with Crippen molar-refractivity contribution in [1.82, 2.24) is 24.9 Å². The molecule has 4 aromatic carbocycles. The molecule has 0 atom stereocenters. The summed E-state index contributed by atoms with van der Waals surface area (Å²) in [6, 6.07) is 13.1. The van der Waals surface area contributed by atoms with Crippen molar-refractivity contribution in [1.29, 1.82) is 0 Å². The second-order valence-electron chi connectivity index (χ2n) is 13.1. The van der Waals surface area contributed by atoms with E-state index >= 15 is 0 Å². The van der Waals surface area contributed by atoms with Gasteiger partial charge in [-0.1, -0.05) is 5.04 Å². The van der Waals surface area contributed by atoms with Crippen molar-refractivity contribution in [2.24, 2.45) is 20.5 Å². The van der Waals surface area contributed by atoms with Crippen molar-refractivity contribution in [3.05, 3.63) is 90.1 Å². The molecule has 0 saturated heterocycles. The predicted molar refractivity (Wildman–Crippen MR) is 239 cm³/mol. The Hall–Kier alpha value is -6.81. The van der Waals surface area contributed by atoms with E-state index in [1.165, 1.54) is 30.3 Å². The fraction of sp³-hybridized carbons (Fsp3) is 0.0606. The van der Waals surface area contributed by atoms with Crippen molar-refractivity contribution >= 4 is 133 Å². The SMILES string of the molecule is Nc1c(N=Nc2cc(Nc3nc(Cl)nc(Nc4ccc(S(=O)(=O)CCOS(=O)(=O)O)cc4)n3)ccc2S(=O)(=O)O)cc(S(=O)(=O)O)c(N)c1N=Nc1cc(Nc2cc(F)nc(F)n2)ccc1SOOO. The van der Waals surface area contributed by atoms with Crippen LogP contribution in [0.2, 0.25) is 5.28 Å². The molecule has 6 aromatic rings. The summed E-state index contributed by atoms with van der Waals surface area (Å²) in [7, 11) is -19.2. The predicted octanol–water partition coefficient (Wildman–Crippen LogP) is 6.33. The first-order valence-corrected chi connectivity index (χ1v) is 25.1. The lowest BCUT2D eigenvalue weighted by Crippen LogP contribution is -2.15. The molecule has 70 heavy (non-hydrogen) atoms. The summed E-state index contributed by atoms with van der Waals surface area (Å²) >= 11 is 6.48. The van der Waals surface area contributed by atoms with Crippen LogP contribution in [0.15, 0.2) is 113 Å². The maximum absolute atomic E-state index is 13.7.